The van der Waals surface area contributed by atoms with E-state index in [-0.39, 0.29) is 5.91 Å². The van der Waals surface area contributed by atoms with Gasteiger partial charge in [-0.1, -0.05) is 11.6 Å². The van der Waals surface area contributed by atoms with Crippen molar-refractivity contribution >= 4 is 23.6 Å². The van der Waals surface area contributed by atoms with Crippen LogP contribution in [-0.2, 0) is 9.53 Å². The molecule has 0 spiro atoms. The number of hydrogen-bond donors (Lipinski definition) is 1. The number of amides is 1. The van der Waals surface area contributed by atoms with Crippen LogP contribution < -0.4 is 5.32 Å². The Morgan fingerprint density at radius 2 is 2.25 bits per heavy atom. The van der Waals surface area contributed by atoms with Crippen molar-refractivity contribution in [2.45, 2.75) is 50.2 Å². The molecule has 6 heteroatoms. The minimum atomic E-state index is -0.826. The molecule has 130 valence electrons. The zero-order valence-electron chi connectivity index (χ0n) is 14.2. The lowest BCUT2D eigenvalue weighted by atomic mass is 9.97. The normalized spacial score (nSPS) is 15.3. The number of carbonyl (C=O) groups is 2. The summed E-state index contributed by atoms with van der Waals surface area (Å²) in [5.74, 6) is -0.792. The van der Waals surface area contributed by atoms with Gasteiger partial charge in [-0.15, -0.1) is 11.8 Å². The standard InChI is InChI=1S/C18H24N2O3S/c1-13(16(21)19-12-10-14-7-4-3-5-8-14)23-18(22)15-9-6-11-20-17(15)24-2/h6-7,9,11,13H,3-5,8,10,12H2,1-2H3,(H,19,21)/t13-/m0/s1. The molecule has 2 rings (SSSR count). The van der Waals surface area contributed by atoms with Crippen LogP contribution in [0.3, 0.4) is 0 Å². The van der Waals surface area contributed by atoms with E-state index in [1.54, 1.807) is 25.3 Å². The third-order valence-electron chi connectivity index (χ3n) is 3.97. The van der Waals surface area contributed by atoms with Crippen LogP contribution in [0, 0.1) is 0 Å². The van der Waals surface area contributed by atoms with E-state index in [1.165, 1.54) is 30.2 Å². The van der Waals surface area contributed by atoms with Crippen molar-refractivity contribution in [3.8, 4) is 0 Å². The Labute approximate surface area is 147 Å². The average molecular weight is 348 g/mol. The molecule has 0 saturated carbocycles. The molecule has 0 saturated heterocycles. The van der Waals surface area contributed by atoms with Gasteiger partial charge in [0.1, 0.15) is 5.03 Å². The second-order valence-corrected chi connectivity index (χ2v) is 6.55. The maximum Gasteiger partial charge on any atom is 0.341 e. The smallest absolute Gasteiger partial charge is 0.341 e. The van der Waals surface area contributed by atoms with Crippen LogP contribution in [0.25, 0.3) is 0 Å². The zero-order chi connectivity index (χ0) is 17.4. The van der Waals surface area contributed by atoms with Gasteiger partial charge >= 0.3 is 5.97 Å². The number of thioether (sulfide) groups is 1. The first-order valence-electron chi connectivity index (χ1n) is 8.27. The number of rotatable bonds is 7. The van der Waals surface area contributed by atoms with E-state index >= 15 is 0 Å². The van der Waals surface area contributed by atoms with Crippen LogP contribution in [0.2, 0.25) is 0 Å². The van der Waals surface area contributed by atoms with E-state index < -0.39 is 12.1 Å². The maximum atomic E-state index is 12.2. The van der Waals surface area contributed by atoms with Crippen molar-refractivity contribution in [2.75, 3.05) is 12.8 Å². The molecule has 0 unspecified atom stereocenters. The summed E-state index contributed by atoms with van der Waals surface area (Å²) in [7, 11) is 0. The van der Waals surface area contributed by atoms with Gasteiger partial charge in [0.2, 0.25) is 0 Å². The van der Waals surface area contributed by atoms with Crippen molar-refractivity contribution in [2.24, 2.45) is 0 Å². The van der Waals surface area contributed by atoms with Crippen molar-refractivity contribution in [3.63, 3.8) is 0 Å². The Morgan fingerprint density at radius 3 is 2.96 bits per heavy atom. The van der Waals surface area contributed by atoms with E-state index in [2.05, 4.69) is 16.4 Å². The molecule has 1 heterocycles. The SMILES string of the molecule is CSc1ncccc1C(=O)O[C@@H](C)C(=O)NCCC1=CCCCC1. The molecule has 1 aromatic rings. The highest BCUT2D eigenvalue weighted by atomic mass is 32.2. The molecule has 0 fully saturated rings. The van der Waals surface area contributed by atoms with Crippen molar-refractivity contribution in [3.05, 3.63) is 35.5 Å². The van der Waals surface area contributed by atoms with Gasteiger partial charge in [0.15, 0.2) is 6.10 Å². The third kappa shape index (κ3) is 5.37. The number of nitrogens with one attached hydrogen (secondary N) is 1. The van der Waals surface area contributed by atoms with E-state index in [9.17, 15) is 9.59 Å². The number of aromatic nitrogens is 1. The first kappa shape index (κ1) is 18.5. The van der Waals surface area contributed by atoms with E-state index in [0.717, 1.165) is 19.3 Å². The molecule has 0 bridgehead atoms. The van der Waals surface area contributed by atoms with Gasteiger partial charge in [0, 0.05) is 12.7 Å². The largest absolute Gasteiger partial charge is 0.449 e. The minimum Gasteiger partial charge on any atom is -0.449 e. The predicted octanol–water partition coefficient (Wildman–Crippen LogP) is 3.36. The van der Waals surface area contributed by atoms with Gasteiger partial charge in [0.05, 0.1) is 5.56 Å². The first-order chi connectivity index (χ1) is 11.6. The number of ether oxygens (including phenoxy) is 1. The molecular weight excluding hydrogens is 324 g/mol. The van der Waals surface area contributed by atoms with E-state index in [4.69, 9.17) is 4.74 Å². The summed E-state index contributed by atoms with van der Waals surface area (Å²) in [5.41, 5.74) is 1.79. The molecule has 1 aliphatic carbocycles. The van der Waals surface area contributed by atoms with Crippen LogP contribution >= 0.6 is 11.8 Å². The average Bonchev–Trinajstić information content (AvgIpc) is 2.62. The Morgan fingerprint density at radius 1 is 1.42 bits per heavy atom. The zero-order valence-corrected chi connectivity index (χ0v) is 15.0. The molecule has 0 aliphatic heterocycles. The van der Waals surface area contributed by atoms with Gasteiger partial charge < -0.3 is 10.1 Å². The second kappa shape index (κ2) is 9.47. The fraction of sp³-hybridized carbons (Fsp3) is 0.500. The number of allylic oxidation sites excluding steroid dienone is 1. The quantitative estimate of drug-likeness (QED) is 0.465. The van der Waals surface area contributed by atoms with Gasteiger partial charge in [-0.3, -0.25) is 4.79 Å². The number of hydrogen-bond acceptors (Lipinski definition) is 5. The number of pyridine rings is 1. The molecule has 0 aromatic carbocycles. The Hall–Kier alpha value is -1.82. The summed E-state index contributed by atoms with van der Waals surface area (Å²) >= 11 is 1.37. The lowest BCUT2D eigenvalue weighted by molar-refractivity contribution is -0.129. The fourth-order valence-corrected chi connectivity index (χ4v) is 3.15. The summed E-state index contributed by atoms with van der Waals surface area (Å²) in [6.07, 6.45) is 10.5. The summed E-state index contributed by atoms with van der Waals surface area (Å²) in [5, 5.41) is 3.43. The molecule has 24 heavy (non-hydrogen) atoms. The molecule has 1 amide bonds. The lowest BCUT2D eigenvalue weighted by Crippen LogP contribution is -2.36. The highest BCUT2D eigenvalue weighted by Gasteiger charge is 2.20. The third-order valence-corrected chi connectivity index (χ3v) is 4.68. The summed E-state index contributed by atoms with van der Waals surface area (Å²) < 4.78 is 5.26. The predicted molar refractivity (Wildman–Crippen MR) is 95.1 cm³/mol. The van der Waals surface area contributed by atoms with Crippen LogP contribution in [-0.4, -0.2) is 35.8 Å². The molecule has 5 nitrogen and oxygen atoms in total. The first-order valence-corrected chi connectivity index (χ1v) is 9.50. The lowest BCUT2D eigenvalue weighted by Gasteiger charge is -2.16. The summed E-state index contributed by atoms with van der Waals surface area (Å²) in [6, 6.07) is 3.33. The minimum absolute atomic E-state index is 0.269. The number of carbonyl (C=O) groups excluding carboxylic acids is 2. The molecule has 1 aliphatic rings. The highest BCUT2D eigenvalue weighted by Crippen LogP contribution is 2.20. The Bertz CT molecular complexity index is 616. The van der Waals surface area contributed by atoms with E-state index in [1.807, 2.05) is 6.26 Å². The van der Waals surface area contributed by atoms with Crippen molar-refractivity contribution in [1.82, 2.24) is 10.3 Å². The van der Waals surface area contributed by atoms with Crippen LogP contribution in [0.1, 0.15) is 49.4 Å². The Kier molecular flexibility index (Phi) is 7.31. The van der Waals surface area contributed by atoms with Gasteiger partial charge in [-0.2, -0.15) is 0 Å². The van der Waals surface area contributed by atoms with Crippen LogP contribution in [0.5, 0.6) is 0 Å². The monoisotopic (exact) mass is 348 g/mol. The van der Waals surface area contributed by atoms with Crippen LogP contribution in [0.4, 0.5) is 0 Å². The topological polar surface area (TPSA) is 68.3 Å². The number of nitrogens with zero attached hydrogens (tertiary/aromatic N) is 1. The molecular formula is C18H24N2O3S. The van der Waals surface area contributed by atoms with Crippen molar-refractivity contribution < 1.29 is 14.3 Å². The van der Waals surface area contributed by atoms with Crippen molar-refractivity contribution in [1.29, 1.82) is 0 Å². The molecule has 1 aromatic heterocycles. The molecule has 0 radical (unpaired) electrons. The van der Waals surface area contributed by atoms with Crippen LogP contribution in [0.15, 0.2) is 35.0 Å². The molecule has 1 N–H and O–H groups in total. The maximum absolute atomic E-state index is 12.2. The number of esters is 1. The highest BCUT2D eigenvalue weighted by molar-refractivity contribution is 7.98. The van der Waals surface area contributed by atoms with Gasteiger partial charge in [-0.25, -0.2) is 9.78 Å². The fourth-order valence-electron chi connectivity index (χ4n) is 2.61. The van der Waals surface area contributed by atoms with E-state index in [0.29, 0.717) is 17.1 Å². The Balaban J connectivity index is 1.80. The summed E-state index contributed by atoms with van der Waals surface area (Å²) in [4.78, 5) is 28.4. The molecule has 1 atom stereocenters. The van der Waals surface area contributed by atoms with Gasteiger partial charge in [-0.05, 0) is 57.4 Å². The van der Waals surface area contributed by atoms with Gasteiger partial charge in [0.25, 0.3) is 5.91 Å². The second-order valence-electron chi connectivity index (χ2n) is 5.76. The summed E-state index contributed by atoms with van der Waals surface area (Å²) in [6.45, 7) is 2.16.